The molecule has 0 unspecified atom stereocenters. The van der Waals surface area contributed by atoms with E-state index in [1.807, 2.05) is 60.7 Å². The van der Waals surface area contributed by atoms with Gasteiger partial charge in [-0.1, -0.05) is 30.3 Å². The van der Waals surface area contributed by atoms with Crippen molar-refractivity contribution in [3.8, 4) is 17.2 Å². The van der Waals surface area contributed by atoms with Gasteiger partial charge in [0.15, 0.2) is 6.10 Å². The summed E-state index contributed by atoms with van der Waals surface area (Å²) < 4.78 is 16.9. The molecule has 0 spiro atoms. The number of nitrogens with one attached hydrogen (secondary N) is 1. The van der Waals surface area contributed by atoms with E-state index in [2.05, 4.69) is 5.32 Å². The summed E-state index contributed by atoms with van der Waals surface area (Å²) >= 11 is 0. The highest BCUT2D eigenvalue weighted by Gasteiger charge is 2.28. The maximum absolute atomic E-state index is 12.8. The van der Waals surface area contributed by atoms with E-state index in [-0.39, 0.29) is 18.2 Å². The summed E-state index contributed by atoms with van der Waals surface area (Å²) in [4.78, 5) is 27.2. The summed E-state index contributed by atoms with van der Waals surface area (Å²) in [6.07, 6.45) is -0.380. The van der Waals surface area contributed by atoms with E-state index >= 15 is 0 Å². The van der Waals surface area contributed by atoms with Gasteiger partial charge in [0.1, 0.15) is 23.9 Å². The van der Waals surface area contributed by atoms with Crippen molar-refractivity contribution >= 4 is 17.5 Å². The molecule has 1 aliphatic heterocycles. The van der Waals surface area contributed by atoms with Crippen LogP contribution in [0.4, 0.5) is 5.69 Å². The molecule has 1 aliphatic rings. The van der Waals surface area contributed by atoms with E-state index in [0.29, 0.717) is 36.9 Å². The van der Waals surface area contributed by atoms with E-state index in [4.69, 9.17) is 14.2 Å². The van der Waals surface area contributed by atoms with Crippen LogP contribution in [0, 0.1) is 0 Å². The molecule has 0 saturated carbocycles. The third-order valence-corrected chi connectivity index (χ3v) is 5.54. The number of hydrogen-bond donors (Lipinski definition) is 1. The fourth-order valence-corrected chi connectivity index (χ4v) is 3.83. The highest BCUT2D eigenvalue weighted by Crippen LogP contribution is 2.29. The van der Waals surface area contributed by atoms with Crippen LogP contribution in [0.2, 0.25) is 0 Å². The normalized spacial score (nSPS) is 15.1. The van der Waals surface area contributed by atoms with Crippen LogP contribution in [0.25, 0.3) is 0 Å². The topological polar surface area (TPSA) is 77.1 Å². The van der Waals surface area contributed by atoms with Gasteiger partial charge in [-0.05, 0) is 55.0 Å². The molecule has 0 radical (unpaired) electrons. The van der Waals surface area contributed by atoms with Crippen molar-refractivity contribution in [2.75, 3.05) is 25.6 Å². The maximum Gasteiger partial charge on any atom is 0.263 e. The van der Waals surface area contributed by atoms with Crippen LogP contribution in [0.3, 0.4) is 0 Å². The number of anilines is 1. The lowest BCUT2D eigenvalue weighted by molar-refractivity contribution is -0.138. The number of ether oxygens (including phenoxy) is 3. The monoisotopic (exact) mass is 460 g/mol. The number of para-hydroxylation sites is 1. The van der Waals surface area contributed by atoms with E-state index < -0.39 is 6.10 Å². The second kappa shape index (κ2) is 10.7. The Labute approximate surface area is 199 Å². The first-order valence-corrected chi connectivity index (χ1v) is 11.2. The fourth-order valence-electron chi connectivity index (χ4n) is 3.83. The number of fused-ring (bicyclic) bond motifs is 1. The van der Waals surface area contributed by atoms with Crippen LogP contribution in [0.1, 0.15) is 18.1 Å². The number of carbonyl (C=O) groups is 2. The zero-order chi connectivity index (χ0) is 23.9. The molecule has 4 rings (SSSR count). The number of carbonyl (C=O) groups excluding carboxylic acids is 2. The molecule has 3 aromatic carbocycles. The SMILES string of the molecule is COc1cccc(CC(=O)Nc2ccc3c(c2)CN(CCOc2ccccc2)C(=O)[C@H](C)O3)c1. The molecule has 3 aromatic rings. The average Bonchev–Trinajstić information content (AvgIpc) is 2.96. The van der Waals surface area contributed by atoms with Gasteiger partial charge in [-0.25, -0.2) is 0 Å². The third-order valence-electron chi connectivity index (χ3n) is 5.54. The first kappa shape index (κ1) is 23.2. The molecule has 0 aliphatic carbocycles. The van der Waals surface area contributed by atoms with Crippen molar-refractivity contribution in [3.63, 3.8) is 0 Å². The summed E-state index contributed by atoms with van der Waals surface area (Å²) in [6.45, 7) is 2.91. The van der Waals surface area contributed by atoms with Gasteiger partial charge in [0.25, 0.3) is 5.91 Å². The summed E-state index contributed by atoms with van der Waals surface area (Å²) in [7, 11) is 1.60. The second-order valence-electron chi connectivity index (χ2n) is 8.08. The Morgan fingerprint density at radius 1 is 1.06 bits per heavy atom. The van der Waals surface area contributed by atoms with Crippen LogP contribution < -0.4 is 19.5 Å². The van der Waals surface area contributed by atoms with Crippen LogP contribution in [0.15, 0.2) is 72.8 Å². The van der Waals surface area contributed by atoms with E-state index in [1.54, 1.807) is 31.1 Å². The number of rotatable bonds is 8. The van der Waals surface area contributed by atoms with Crippen molar-refractivity contribution in [1.82, 2.24) is 4.90 Å². The van der Waals surface area contributed by atoms with Crippen molar-refractivity contribution in [3.05, 3.63) is 83.9 Å². The molecule has 7 heteroatoms. The summed E-state index contributed by atoms with van der Waals surface area (Å²) in [6, 6.07) is 22.4. The molecule has 1 atom stereocenters. The lowest BCUT2D eigenvalue weighted by atomic mass is 10.1. The third kappa shape index (κ3) is 5.86. The lowest BCUT2D eigenvalue weighted by Crippen LogP contribution is -2.40. The van der Waals surface area contributed by atoms with Gasteiger partial charge in [0, 0.05) is 17.8 Å². The van der Waals surface area contributed by atoms with Gasteiger partial charge in [-0.2, -0.15) is 0 Å². The summed E-state index contributed by atoms with van der Waals surface area (Å²) in [5, 5.41) is 2.94. The number of nitrogens with zero attached hydrogens (tertiary/aromatic N) is 1. The van der Waals surface area contributed by atoms with E-state index in [1.165, 1.54) is 0 Å². The first-order valence-electron chi connectivity index (χ1n) is 11.2. The fraction of sp³-hybridized carbons (Fsp3) is 0.259. The van der Waals surface area contributed by atoms with Crippen molar-refractivity contribution in [2.24, 2.45) is 0 Å². The zero-order valence-electron chi connectivity index (χ0n) is 19.3. The van der Waals surface area contributed by atoms with Crippen molar-refractivity contribution in [2.45, 2.75) is 26.0 Å². The lowest BCUT2D eigenvalue weighted by Gasteiger charge is -2.22. The Balaban J connectivity index is 1.42. The molecule has 0 fully saturated rings. The van der Waals surface area contributed by atoms with E-state index in [9.17, 15) is 9.59 Å². The Bertz CT molecular complexity index is 1150. The van der Waals surface area contributed by atoms with Gasteiger partial charge < -0.3 is 24.4 Å². The highest BCUT2D eigenvalue weighted by molar-refractivity contribution is 5.92. The second-order valence-corrected chi connectivity index (χ2v) is 8.08. The molecule has 1 heterocycles. The van der Waals surface area contributed by atoms with Gasteiger partial charge in [-0.15, -0.1) is 0 Å². The standard InChI is InChI=1S/C27H28N2O5/c1-19-27(31)29(13-14-33-23-8-4-3-5-9-23)18-21-17-22(11-12-25(21)34-19)28-26(30)16-20-7-6-10-24(15-20)32-2/h3-12,15,17,19H,13-14,16,18H2,1-2H3,(H,28,30)/t19-/m0/s1. The summed E-state index contributed by atoms with van der Waals surface area (Å²) in [5.74, 6) is 1.87. The number of hydrogen-bond acceptors (Lipinski definition) is 5. The number of amides is 2. The Morgan fingerprint density at radius 2 is 1.85 bits per heavy atom. The smallest absolute Gasteiger partial charge is 0.263 e. The predicted molar refractivity (Wildman–Crippen MR) is 129 cm³/mol. The molecule has 0 saturated heterocycles. The largest absolute Gasteiger partial charge is 0.497 e. The average molecular weight is 461 g/mol. The summed E-state index contributed by atoms with van der Waals surface area (Å²) in [5.41, 5.74) is 2.34. The molecule has 7 nitrogen and oxygen atoms in total. The highest BCUT2D eigenvalue weighted by atomic mass is 16.5. The number of methoxy groups -OCH3 is 1. The zero-order valence-corrected chi connectivity index (χ0v) is 19.3. The Hall–Kier alpha value is -4.00. The van der Waals surface area contributed by atoms with Gasteiger partial charge >= 0.3 is 0 Å². The minimum absolute atomic E-state index is 0.100. The molecule has 0 aromatic heterocycles. The number of benzene rings is 3. The minimum atomic E-state index is -0.605. The molecule has 1 N–H and O–H groups in total. The first-order chi connectivity index (χ1) is 16.5. The van der Waals surface area contributed by atoms with Gasteiger partial charge in [0.05, 0.1) is 20.1 Å². The van der Waals surface area contributed by atoms with Crippen LogP contribution >= 0.6 is 0 Å². The molecule has 34 heavy (non-hydrogen) atoms. The van der Waals surface area contributed by atoms with Gasteiger partial charge in [-0.3, -0.25) is 9.59 Å². The molecular weight excluding hydrogens is 432 g/mol. The van der Waals surface area contributed by atoms with Gasteiger partial charge in [0.2, 0.25) is 5.91 Å². The minimum Gasteiger partial charge on any atom is -0.497 e. The maximum atomic E-state index is 12.8. The molecule has 0 bridgehead atoms. The molecule has 176 valence electrons. The quantitative estimate of drug-likeness (QED) is 0.549. The van der Waals surface area contributed by atoms with Crippen molar-refractivity contribution in [1.29, 1.82) is 0 Å². The van der Waals surface area contributed by atoms with Crippen LogP contribution in [-0.4, -0.2) is 43.1 Å². The Kier molecular flexibility index (Phi) is 7.32. The molecule has 2 amide bonds. The van der Waals surface area contributed by atoms with Crippen LogP contribution in [0.5, 0.6) is 17.2 Å². The van der Waals surface area contributed by atoms with E-state index in [0.717, 1.165) is 16.9 Å². The Morgan fingerprint density at radius 3 is 2.65 bits per heavy atom. The van der Waals surface area contributed by atoms with Crippen molar-refractivity contribution < 1.29 is 23.8 Å². The predicted octanol–water partition coefficient (Wildman–Crippen LogP) is 4.06. The van der Waals surface area contributed by atoms with Crippen LogP contribution in [-0.2, 0) is 22.6 Å². The molecular formula is C27H28N2O5.